The minimum absolute atomic E-state index is 0.138. The average molecular weight is 429 g/mol. The van der Waals surface area contributed by atoms with Gasteiger partial charge < -0.3 is 10.1 Å². The molecule has 3 rings (SSSR count). The van der Waals surface area contributed by atoms with E-state index in [1.54, 1.807) is 37.5 Å². The SMILES string of the molecule is CCNC1=C2C=C(S(N)(=O)=O)SC2S(=O)(=O)C(Cc2ccc(OC)cc2)=C1. The van der Waals surface area contributed by atoms with E-state index in [9.17, 15) is 16.8 Å². The maximum absolute atomic E-state index is 13.1. The van der Waals surface area contributed by atoms with Crippen LogP contribution >= 0.6 is 11.8 Å². The molecule has 0 amide bonds. The Labute approximate surface area is 163 Å². The summed E-state index contributed by atoms with van der Waals surface area (Å²) in [4.78, 5) is 0.230. The smallest absolute Gasteiger partial charge is 0.244 e. The summed E-state index contributed by atoms with van der Waals surface area (Å²) in [6, 6.07) is 7.14. The van der Waals surface area contributed by atoms with Gasteiger partial charge in [-0.2, -0.15) is 0 Å². The van der Waals surface area contributed by atoms with E-state index in [-0.39, 0.29) is 15.6 Å². The predicted octanol–water partition coefficient (Wildman–Crippen LogP) is 1.62. The molecule has 1 aromatic carbocycles. The van der Waals surface area contributed by atoms with Gasteiger partial charge in [-0.05, 0) is 36.8 Å². The molecule has 2 aliphatic heterocycles. The van der Waals surface area contributed by atoms with Crippen LogP contribution in [0.25, 0.3) is 0 Å². The van der Waals surface area contributed by atoms with Crippen LogP contribution in [-0.4, -0.2) is 35.1 Å². The van der Waals surface area contributed by atoms with Gasteiger partial charge in [-0.25, -0.2) is 22.0 Å². The number of primary sulfonamides is 1. The van der Waals surface area contributed by atoms with E-state index in [1.165, 1.54) is 6.08 Å². The Morgan fingerprint density at radius 2 is 1.89 bits per heavy atom. The standard InChI is InChI=1S/C17H20N2O5S3/c1-3-19-15-9-13(8-11-4-6-12(24-2)7-5-11)26(20,21)17-14(15)10-16(25-17)27(18,22)23/h4-7,9-10,17,19H,3,8H2,1-2H3,(H2,18,22,23). The molecule has 10 heteroatoms. The number of sulfone groups is 1. The minimum atomic E-state index is -3.97. The highest BCUT2D eigenvalue weighted by atomic mass is 32.3. The summed E-state index contributed by atoms with van der Waals surface area (Å²) in [5.74, 6) is 0.683. The fraction of sp³-hybridized carbons (Fsp3) is 0.294. The number of benzene rings is 1. The Morgan fingerprint density at radius 1 is 1.22 bits per heavy atom. The number of hydrogen-bond acceptors (Lipinski definition) is 7. The fourth-order valence-electron chi connectivity index (χ4n) is 2.89. The van der Waals surface area contributed by atoms with Gasteiger partial charge in [0.05, 0.1) is 12.0 Å². The van der Waals surface area contributed by atoms with Crippen LogP contribution in [0.15, 0.2) is 56.8 Å². The lowest BCUT2D eigenvalue weighted by molar-refractivity contribution is 0.414. The largest absolute Gasteiger partial charge is 0.497 e. The Bertz CT molecular complexity index is 1050. The first-order chi connectivity index (χ1) is 12.7. The van der Waals surface area contributed by atoms with E-state index < -0.39 is 24.4 Å². The summed E-state index contributed by atoms with van der Waals surface area (Å²) in [6.07, 6.45) is 3.13. The van der Waals surface area contributed by atoms with E-state index in [0.717, 1.165) is 17.3 Å². The molecule has 0 bridgehead atoms. The van der Waals surface area contributed by atoms with Gasteiger partial charge in [-0.15, -0.1) is 0 Å². The molecular weight excluding hydrogens is 408 g/mol. The van der Waals surface area contributed by atoms with Crippen LogP contribution in [0, 0.1) is 0 Å². The number of hydrogen-bond donors (Lipinski definition) is 2. The zero-order chi connectivity index (χ0) is 19.8. The zero-order valence-corrected chi connectivity index (χ0v) is 17.2. The first-order valence-corrected chi connectivity index (χ1v) is 12.1. The molecule has 27 heavy (non-hydrogen) atoms. The summed E-state index contributed by atoms with van der Waals surface area (Å²) in [5, 5.41) is 8.33. The maximum atomic E-state index is 13.1. The van der Waals surface area contributed by atoms with Crippen molar-refractivity contribution in [3.63, 3.8) is 0 Å². The van der Waals surface area contributed by atoms with Gasteiger partial charge in [-0.3, -0.25) is 0 Å². The summed E-state index contributed by atoms with van der Waals surface area (Å²) in [6.45, 7) is 2.45. The molecule has 2 aliphatic rings. The Kier molecular flexibility index (Phi) is 5.44. The quantitative estimate of drug-likeness (QED) is 0.707. The zero-order valence-electron chi connectivity index (χ0n) is 14.8. The van der Waals surface area contributed by atoms with E-state index in [1.807, 2.05) is 6.92 Å². The van der Waals surface area contributed by atoms with Crippen molar-refractivity contribution in [1.29, 1.82) is 0 Å². The lowest BCUT2D eigenvalue weighted by Crippen LogP contribution is -2.28. The van der Waals surface area contributed by atoms with Crippen LogP contribution in [0.3, 0.4) is 0 Å². The third-order valence-corrected chi connectivity index (χ3v) is 9.54. The van der Waals surface area contributed by atoms with Gasteiger partial charge in [-0.1, -0.05) is 23.9 Å². The first-order valence-electron chi connectivity index (χ1n) is 8.13. The molecule has 1 aromatic rings. The number of nitrogens with two attached hydrogens (primary N) is 1. The number of fused-ring (bicyclic) bond motifs is 1. The molecule has 1 unspecified atom stereocenters. The first kappa shape index (κ1) is 20.0. The molecule has 0 aromatic heterocycles. The molecule has 0 radical (unpaired) electrons. The fourth-order valence-corrected chi connectivity index (χ4v) is 7.56. The van der Waals surface area contributed by atoms with Crippen LogP contribution < -0.4 is 15.2 Å². The number of likely N-dealkylation sites (N-methyl/N-ethyl adjacent to an activating group) is 1. The maximum Gasteiger partial charge on any atom is 0.244 e. The van der Waals surface area contributed by atoms with E-state index >= 15 is 0 Å². The van der Waals surface area contributed by atoms with Gasteiger partial charge in [0.25, 0.3) is 0 Å². The molecule has 0 saturated carbocycles. The van der Waals surface area contributed by atoms with Crippen molar-refractivity contribution >= 4 is 31.6 Å². The topological polar surface area (TPSA) is 116 Å². The number of sulfonamides is 1. The van der Waals surface area contributed by atoms with Gasteiger partial charge in [0.1, 0.15) is 14.6 Å². The second kappa shape index (κ2) is 7.34. The van der Waals surface area contributed by atoms with Crippen LogP contribution in [0.2, 0.25) is 0 Å². The summed E-state index contributed by atoms with van der Waals surface area (Å²) < 4.78 is 53.6. The normalized spacial score (nSPS) is 21.4. The predicted molar refractivity (Wildman–Crippen MR) is 107 cm³/mol. The Balaban J connectivity index is 2.03. The summed E-state index contributed by atoms with van der Waals surface area (Å²) >= 11 is 0.760. The second-order valence-electron chi connectivity index (χ2n) is 6.04. The van der Waals surface area contributed by atoms with Crippen LogP contribution in [0.4, 0.5) is 0 Å². The van der Waals surface area contributed by atoms with Crippen molar-refractivity contribution in [2.45, 2.75) is 17.9 Å². The summed E-state index contributed by atoms with van der Waals surface area (Å²) in [5.41, 5.74) is 1.84. The number of methoxy groups -OCH3 is 1. The van der Waals surface area contributed by atoms with Gasteiger partial charge in [0.15, 0.2) is 9.84 Å². The number of nitrogens with one attached hydrogen (secondary N) is 1. The monoisotopic (exact) mass is 428 g/mol. The van der Waals surface area contributed by atoms with Crippen molar-refractivity contribution in [3.05, 3.63) is 62.4 Å². The highest BCUT2D eigenvalue weighted by Gasteiger charge is 2.43. The highest BCUT2D eigenvalue weighted by Crippen LogP contribution is 2.47. The molecule has 1 atom stereocenters. The molecule has 7 nitrogen and oxygen atoms in total. The van der Waals surface area contributed by atoms with Gasteiger partial charge in [0, 0.05) is 24.2 Å². The van der Waals surface area contributed by atoms with Crippen molar-refractivity contribution in [3.8, 4) is 5.75 Å². The van der Waals surface area contributed by atoms with E-state index in [0.29, 0.717) is 23.6 Å². The van der Waals surface area contributed by atoms with Crippen LogP contribution in [0.1, 0.15) is 12.5 Å². The van der Waals surface area contributed by atoms with Crippen molar-refractivity contribution < 1.29 is 21.6 Å². The molecular formula is C17H20N2O5S3. The van der Waals surface area contributed by atoms with Crippen molar-refractivity contribution in [2.24, 2.45) is 5.14 Å². The molecule has 2 heterocycles. The number of thioether (sulfide) groups is 1. The minimum Gasteiger partial charge on any atom is -0.497 e. The van der Waals surface area contributed by atoms with E-state index in [2.05, 4.69) is 5.32 Å². The van der Waals surface area contributed by atoms with Gasteiger partial charge >= 0.3 is 0 Å². The molecule has 0 spiro atoms. The Morgan fingerprint density at radius 3 is 2.44 bits per heavy atom. The van der Waals surface area contributed by atoms with Crippen molar-refractivity contribution in [2.75, 3.05) is 13.7 Å². The van der Waals surface area contributed by atoms with Gasteiger partial charge in [0.2, 0.25) is 10.0 Å². The highest BCUT2D eigenvalue weighted by molar-refractivity contribution is 8.25. The molecule has 0 aliphatic carbocycles. The van der Waals surface area contributed by atoms with E-state index in [4.69, 9.17) is 9.88 Å². The average Bonchev–Trinajstić information content (AvgIpc) is 3.07. The molecule has 0 fully saturated rings. The molecule has 146 valence electrons. The lowest BCUT2D eigenvalue weighted by Gasteiger charge is -2.24. The summed E-state index contributed by atoms with van der Waals surface area (Å²) in [7, 11) is -6.15. The number of ether oxygens (including phenoxy) is 1. The molecule has 0 saturated heterocycles. The van der Waals surface area contributed by atoms with Crippen LogP contribution in [0.5, 0.6) is 5.75 Å². The Hall–Kier alpha value is -1.75. The third-order valence-electron chi connectivity index (χ3n) is 4.20. The third kappa shape index (κ3) is 3.93. The van der Waals surface area contributed by atoms with Crippen molar-refractivity contribution in [1.82, 2.24) is 5.32 Å². The lowest BCUT2D eigenvalue weighted by atomic mass is 10.1. The molecule has 3 N–H and O–H groups in total. The second-order valence-corrected chi connectivity index (χ2v) is 11.4. The number of rotatable bonds is 6. The van der Waals surface area contributed by atoms with Crippen LogP contribution in [-0.2, 0) is 26.3 Å². The number of allylic oxidation sites excluding steroid dienone is 3.